The maximum atomic E-state index is 14.7. The zero-order valence-electron chi connectivity index (χ0n) is 41.1. The molecule has 3 aliphatic rings. The van der Waals surface area contributed by atoms with E-state index in [1.165, 1.54) is 16.2 Å². The molecule has 8 rings (SSSR count). The Morgan fingerprint density at radius 3 is 2.50 bits per heavy atom. The van der Waals surface area contributed by atoms with Gasteiger partial charge < -0.3 is 45.1 Å². The average Bonchev–Trinajstić information content (AvgIpc) is 3.77. The van der Waals surface area contributed by atoms with Crippen LogP contribution in [0, 0.1) is 19.3 Å². The highest BCUT2D eigenvalue weighted by Crippen LogP contribution is 2.40. The number of carbonyl (C=O) groups excluding carboxylic acids is 4. The van der Waals surface area contributed by atoms with Crippen LogP contribution >= 0.6 is 11.3 Å². The lowest BCUT2D eigenvalue weighted by Gasteiger charge is -2.35. The Balaban J connectivity index is 0.870. The van der Waals surface area contributed by atoms with E-state index >= 15 is 0 Å². The number of hydrogen-bond acceptors (Lipinski definition) is 15. The number of nitrogens with zero attached hydrogens (tertiary/aromatic N) is 6. The topological polar surface area (TPSA) is 222 Å². The lowest BCUT2D eigenvalue weighted by atomic mass is 9.85. The SMILES string of the molecule is Cc1cccc(/C=N/Nc2cc(N3CCOCC3)nc(OCCc3ccc(NC(=O)COc4cc(-c5scnc5C)ccc4CNC(=O)[C@@H]4C[C@@H](O)CN4C(=O)[C@@H](NC(=O)C4(F)CC4)C(C)(C)C)cc3)n2)c1. The fraction of sp³-hybridized carbons (Fsp3) is 0.423. The monoisotopic (exact) mass is 1000 g/mol. The molecule has 72 heavy (non-hydrogen) atoms. The normalized spacial score (nSPS) is 17.8. The van der Waals surface area contributed by atoms with Gasteiger partial charge in [0.1, 0.15) is 23.7 Å². The van der Waals surface area contributed by atoms with E-state index in [1.807, 2.05) is 62.4 Å². The predicted molar refractivity (Wildman–Crippen MR) is 272 cm³/mol. The van der Waals surface area contributed by atoms with Gasteiger partial charge in [0, 0.05) is 56.3 Å². The standard InChI is InChI=1S/C52H61FN10O8S/c1-32-7-6-8-35(23-32)27-56-61-42-26-43(62-18-21-69-22-19-62)59-50(58-42)70-20-15-34-9-13-38(14-10-34)57-44(65)30-71-41-24-36(45-33(2)55-31-72-45)11-12-37(41)28-54-47(66)40-25-39(64)29-63(40)48(67)46(51(3,4)5)60-49(68)52(53)16-17-52/h6-14,23-24,26-27,31,39-40,46,64H,15-22,25,28-30H2,1-5H3,(H,54,66)(H,57,65)(H,60,68)(H,58,59,61)/b56-27+/t39-,40+,46-/m1/s1. The number of aliphatic hydroxyl groups is 1. The summed E-state index contributed by atoms with van der Waals surface area (Å²) >= 11 is 1.46. The second kappa shape index (κ2) is 22.6. The molecule has 0 bridgehead atoms. The summed E-state index contributed by atoms with van der Waals surface area (Å²) in [5.41, 5.74) is 7.73. The number of aryl methyl sites for hydroxylation is 2. The number of alkyl halides is 1. The first kappa shape index (κ1) is 51.3. The molecule has 380 valence electrons. The van der Waals surface area contributed by atoms with Crippen LogP contribution in [0.3, 0.4) is 0 Å². The van der Waals surface area contributed by atoms with Crippen molar-refractivity contribution in [1.82, 2.24) is 30.5 Å². The van der Waals surface area contributed by atoms with Gasteiger partial charge in [0.05, 0.1) is 48.2 Å². The van der Waals surface area contributed by atoms with Crippen molar-refractivity contribution in [1.29, 1.82) is 0 Å². The lowest BCUT2D eigenvalue weighted by molar-refractivity contribution is -0.145. The van der Waals surface area contributed by atoms with Crippen molar-refractivity contribution in [3.05, 3.63) is 106 Å². The summed E-state index contributed by atoms with van der Waals surface area (Å²) in [5.74, 6) is -0.842. The van der Waals surface area contributed by atoms with Gasteiger partial charge in [0.2, 0.25) is 11.8 Å². The molecule has 3 atom stereocenters. The largest absolute Gasteiger partial charge is 0.483 e. The number of amides is 4. The molecule has 18 nitrogen and oxygen atoms in total. The minimum absolute atomic E-state index is 0.0264. The maximum Gasteiger partial charge on any atom is 0.320 e. The molecule has 0 spiro atoms. The Kier molecular flexibility index (Phi) is 16.1. The predicted octanol–water partition coefficient (Wildman–Crippen LogP) is 5.75. The van der Waals surface area contributed by atoms with Crippen molar-refractivity contribution >= 4 is 58.5 Å². The van der Waals surface area contributed by atoms with Crippen LogP contribution in [0.2, 0.25) is 0 Å². The first-order chi connectivity index (χ1) is 34.5. The molecule has 2 aliphatic heterocycles. The number of aliphatic hydroxyl groups excluding tert-OH is 1. The van der Waals surface area contributed by atoms with Crippen LogP contribution in [0.15, 0.2) is 83.4 Å². The molecule has 0 unspecified atom stereocenters. The summed E-state index contributed by atoms with van der Waals surface area (Å²) in [4.78, 5) is 71.7. The second-order valence-corrected chi connectivity index (χ2v) is 20.2. The van der Waals surface area contributed by atoms with Crippen LogP contribution in [-0.4, -0.2) is 125 Å². The minimum Gasteiger partial charge on any atom is -0.483 e. The number of ether oxygens (including phenoxy) is 3. The number of aromatic nitrogens is 3. The van der Waals surface area contributed by atoms with Crippen molar-refractivity contribution in [2.24, 2.45) is 10.5 Å². The number of rotatable bonds is 19. The van der Waals surface area contributed by atoms with Crippen LogP contribution in [-0.2, 0) is 36.9 Å². The van der Waals surface area contributed by atoms with Crippen LogP contribution < -0.4 is 35.7 Å². The van der Waals surface area contributed by atoms with Crippen LogP contribution in [0.1, 0.15) is 68.0 Å². The van der Waals surface area contributed by atoms with E-state index in [4.69, 9.17) is 14.2 Å². The van der Waals surface area contributed by atoms with Crippen molar-refractivity contribution in [2.75, 3.05) is 61.7 Å². The average molecular weight is 1010 g/mol. The van der Waals surface area contributed by atoms with E-state index in [2.05, 4.69) is 46.3 Å². The van der Waals surface area contributed by atoms with Gasteiger partial charge in [0.15, 0.2) is 18.1 Å². The van der Waals surface area contributed by atoms with Gasteiger partial charge in [-0.25, -0.2) is 9.37 Å². The van der Waals surface area contributed by atoms with E-state index < -0.39 is 52.9 Å². The Bertz CT molecular complexity index is 2770. The molecule has 5 N–H and O–H groups in total. The molecular formula is C52H61FN10O8S. The smallest absolute Gasteiger partial charge is 0.320 e. The third kappa shape index (κ3) is 13.3. The van der Waals surface area contributed by atoms with E-state index in [9.17, 15) is 28.7 Å². The number of nitrogens with one attached hydrogen (secondary N) is 4. The van der Waals surface area contributed by atoms with Gasteiger partial charge in [-0.2, -0.15) is 15.1 Å². The fourth-order valence-electron chi connectivity index (χ4n) is 8.34. The third-order valence-corrected chi connectivity index (χ3v) is 13.5. The summed E-state index contributed by atoms with van der Waals surface area (Å²) in [7, 11) is 0. The van der Waals surface area contributed by atoms with Crippen molar-refractivity contribution in [3.8, 4) is 22.2 Å². The molecule has 3 aromatic carbocycles. The zero-order chi connectivity index (χ0) is 51.0. The number of morpholine rings is 1. The van der Waals surface area contributed by atoms with Gasteiger partial charge in [-0.15, -0.1) is 11.3 Å². The number of benzene rings is 3. The highest BCUT2D eigenvalue weighted by Gasteiger charge is 2.53. The second-order valence-electron chi connectivity index (χ2n) is 19.4. The highest BCUT2D eigenvalue weighted by molar-refractivity contribution is 7.13. The molecular weight excluding hydrogens is 944 g/mol. The summed E-state index contributed by atoms with van der Waals surface area (Å²) in [6.07, 6.45) is 1.43. The number of hydrazone groups is 1. The number of thiazole rings is 1. The molecule has 4 amide bonds. The minimum atomic E-state index is -2.00. The summed E-state index contributed by atoms with van der Waals surface area (Å²) in [6, 6.07) is 20.7. The summed E-state index contributed by atoms with van der Waals surface area (Å²) in [6.45, 7) is 11.5. The van der Waals surface area contributed by atoms with Gasteiger partial charge in [-0.1, -0.05) is 74.9 Å². The van der Waals surface area contributed by atoms with Gasteiger partial charge in [-0.3, -0.25) is 24.6 Å². The van der Waals surface area contributed by atoms with E-state index in [0.29, 0.717) is 68.0 Å². The van der Waals surface area contributed by atoms with Gasteiger partial charge in [-0.05, 0) is 67.0 Å². The molecule has 0 radical (unpaired) electrons. The van der Waals surface area contributed by atoms with Crippen molar-refractivity contribution in [2.45, 2.75) is 90.7 Å². The van der Waals surface area contributed by atoms with Gasteiger partial charge in [0.25, 0.3) is 11.8 Å². The summed E-state index contributed by atoms with van der Waals surface area (Å²) in [5, 5.41) is 23.4. The van der Waals surface area contributed by atoms with Crippen LogP contribution in [0.4, 0.5) is 21.7 Å². The molecule has 1 saturated carbocycles. The molecule has 5 aromatic rings. The number of β-amino-alcohol motifs (C(OH)–C–C–N with tert-alkyl or cyclic N) is 1. The number of halogens is 1. The van der Waals surface area contributed by atoms with Crippen molar-refractivity contribution < 1.29 is 42.9 Å². The van der Waals surface area contributed by atoms with E-state index in [0.717, 1.165) is 32.8 Å². The first-order valence-corrected chi connectivity index (χ1v) is 24.9. The zero-order valence-corrected chi connectivity index (χ0v) is 41.9. The van der Waals surface area contributed by atoms with Crippen LogP contribution in [0.5, 0.6) is 11.8 Å². The van der Waals surface area contributed by atoms with E-state index in [1.54, 1.807) is 56.8 Å². The first-order valence-electron chi connectivity index (χ1n) is 24.0. The lowest BCUT2D eigenvalue weighted by Crippen LogP contribution is -2.59. The Hall–Kier alpha value is -7.03. The number of hydrogen-bond donors (Lipinski definition) is 5. The Morgan fingerprint density at radius 1 is 1.01 bits per heavy atom. The quantitative estimate of drug-likeness (QED) is 0.0492. The number of carbonyl (C=O) groups is 4. The van der Waals surface area contributed by atoms with Crippen LogP contribution in [0.25, 0.3) is 10.4 Å². The number of likely N-dealkylation sites (tertiary alicyclic amines) is 1. The molecule has 2 aromatic heterocycles. The fourth-order valence-corrected chi connectivity index (χ4v) is 9.14. The summed E-state index contributed by atoms with van der Waals surface area (Å²) < 4.78 is 32.4. The Labute approximate surface area is 421 Å². The Morgan fingerprint density at radius 2 is 1.79 bits per heavy atom. The third-order valence-electron chi connectivity index (χ3n) is 12.6. The van der Waals surface area contributed by atoms with Gasteiger partial charge >= 0.3 is 6.01 Å². The molecule has 1 aliphatic carbocycles. The van der Waals surface area contributed by atoms with Crippen molar-refractivity contribution in [3.63, 3.8) is 0 Å². The highest BCUT2D eigenvalue weighted by atomic mass is 32.1. The number of anilines is 3. The molecule has 2 saturated heterocycles. The molecule has 20 heteroatoms. The molecule has 3 fully saturated rings. The molecule has 4 heterocycles. The maximum absolute atomic E-state index is 14.7. The van der Waals surface area contributed by atoms with E-state index in [-0.39, 0.29) is 45.0 Å².